The molecule has 2 aliphatic heterocycles. The monoisotopic (exact) mass is 442 g/mol. The van der Waals surface area contributed by atoms with Crippen molar-refractivity contribution in [3.63, 3.8) is 0 Å². The van der Waals surface area contributed by atoms with E-state index >= 15 is 0 Å². The molecule has 2 heterocycles. The van der Waals surface area contributed by atoms with Gasteiger partial charge in [-0.1, -0.05) is 36.6 Å². The third kappa shape index (κ3) is 3.71. The molecule has 0 bridgehead atoms. The molecule has 1 saturated carbocycles. The summed E-state index contributed by atoms with van der Waals surface area (Å²) >= 11 is 6.08. The van der Waals surface area contributed by atoms with Crippen molar-refractivity contribution in [3.05, 3.63) is 46.8 Å². The lowest BCUT2D eigenvalue weighted by Crippen LogP contribution is -2.38. The van der Waals surface area contributed by atoms with Gasteiger partial charge >= 0.3 is 6.18 Å². The van der Waals surface area contributed by atoms with Gasteiger partial charge in [-0.25, -0.2) is 9.40 Å². The number of carbonyl (C=O) groups excluding carboxylic acids is 1. The van der Waals surface area contributed by atoms with Crippen molar-refractivity contribution in [2.45, 2.75) is 50.4 Å². The lowest BCUT2D eigenvalue weighted by atomic mass is 10.00. The molecule has 1 N–H and O–H groups in total. The molecule has 1 fully saturated rings. The fourth-order valence-corrected chi connectivity index (χ4v) is 4.41. The number of amidine groups is 1. The Balaban J connectivity index is 1.59. The third-order valence-electron chi connectivity index (χ3n) is 5.68. The van der Waals surface area contributed by atoms with Gasteiger partial charge in [0.25, 0.3) is 5.91 Å². The SMILES string of the molecule is C[C@@H](NC(=O)C1=CC(Cl)=NN2CC3(CCCC3)N=C12)c1cccc(C(F)(F)F)c1F. The Labute approximate surface area is 175 Å². The quantitative estimate of drug-likeness (QED) is 0.699. The van der Waals surface area contributed by atoms with E-state index in [1.807, 2.05) is 0 Å². The number of rotatable bonds is 3. The maximum Gasteiger partial charge on any atom is 0.419 e. The van der Waals surface area contributed by atoms with Gasteiger partial charge in [0.2, 0.25) is 0 Å². The molecule has 1 spiro atoms. The van der Waals surface area contributed by atoms with Crippen molar-refractivity contribution in [1.29, 1.82) is 0 Å². The van der Waals surface area contributed by atoms with Gasteiger partial charge in [0.1, 0.15) is 5.82 Å². The van der Waals surface area contributed by atoms with E-state index in [0.29, 0.717) is 18.4 Å². The second-order valence-electron chi connectivity index (χ2n) is 7.81. The minimum atomic E-state index is -4.83. The molecule has 0 aromatic heterocycles. The molecule has 4 rings (SSSR count). The highest BCUT2D eigenvalue weighted by Crippen LogP contribution is 2.40. The minimum Gasteiger partial charge on any atom is -0.345 e. The summed E-state index contributed by atoms with van der Waals surface area (Å²) < 4.78 is 53.4. The average molecular weight is 443 g/mol. The molecule has 1 amide bonds. The number of hydrogen-bond acceptors (Lipinski definition) is 4. The lowest BCUT2D eigenvalue weighted by Gasteiger charge is -2.23. The van der Waals surface area contributed by atoms with Gasteiger partial charge in [-0.2, -0.15) is 18.3 Å². The molecule has 1 aromatic rings. The van der Waals surface area contributed by atoms with Crippen LogP contribution < -0.4 is 5.32 Å². The van der Waals surface area contributed by atoms with Crippen LogP contribution in [0.2, 0.25) is 0 Å². The molecular formula is C20H19ClF4N4O. The summed E-state index contributed by atoms with van der Waals surface area (Å²) in [5.41, 5.74) is -1.76. The number of nitrogens with zero attached hydrogens (tertiary/aromatic N) is 3. The number of allylic oxidation sites excluding steroid dienone is 1. The van der Waals surface area contributed by atoms with Gasteiger partial charge in [0.15, 0.2) is 11.0 Å². The Bertz CT molecular complexity index is 980. The van der Waals surface area contributed by atoms with E-state index in [1.54, 1.807) is 5.01 Å². The first-order valence-corrected chi connectivity index (χ1v) is 9.97. The number of halogens is 5. The highest BCUT2D eigenvalue weighted by Gasteiger charge is 2.45. The van der Waals surface area contributed by atoms with E-state index in [4.69, 9.17) is 16.6 Å². The second-order valence-corrected chi connectivity index (χ2v) is 8.19. The molecular weight excluding hydrogens is 424 g/mol. The van der Waals surface area contributed by atoms with Crippen LogP contribution in [0, 0.1) is 5.82 Å². The number of aliphatic imine (C=N–C) groups is 1. The van der Waals surface area contributed by atoms with Gasteiger partial charge in [-0.3, -0.25) is 9.79 Å². The molecule has 5 nitrogen and oxygen atoms in total. The van der Waals surface area contributed by atoms with E-state index < -0.39 is 29.5 Å². The number of alkyl halides is 3. The summed E-state index contributed by atoms with van der Waals surface area (Å²) in [5.74, 6) is -1.62. The summed E-state index contributed by atoms with van der Waals surface area (Å²) in [6, 6.07) is 1.99. The van der Waals surface area contributed by atoms with Crippen LogP contribution in [0.4, 0.5) is 17.6 Å². The number of amides is 1. The highest BCUT2D eigenvalue weighted by atomic mass is 35.5. The molecule has 10 heteroatoms. The second kappa shape index (κ2) is 7.37. The molecule has 30 heavy (non-hydrogen) atoms. The van der Waals surface area contributed by atoms with Crippen molar-refractivity contribution in [1.82, 2.24) is 10.3 Å². The van der Waals surface area contributed by atoms with Crippen LogP contribution in [0.3, 0.4) is 0 Å². The highest BCUT2D eigenvalue weighted by molar-refractivity contribution is 6.69. The van der Waals surface area contributed by atoms with Crippen LogP contribution in [0.25, 0.3) is 0 Å². The Hall–Kier alpha value is -2.42. The largest absolute Gasteiger partial charge is 0.419 e. The molecule has 0 radical (unpaired) electrons. The standard InChI is InChI=1S/C20H19ClF4N4O/c1-11(12-5-4-6-14(16(12)22)20(23,24)25)26-18(30)13-9-15(21)28-29-10-19(27-17(13)29)7-2-3-8-19/h4-6,9,11H,2-3,7-8,10H2,1H3,(H,26,30)/t11-/m1/s1. The fraction of sp³-hybridized carbons (Fsp3) is 0.450. The average Bonchev–Trinajstić information content (AvgIpc) is 3.26. The van der Waals surface area contributed by atoms with Crippen molar-refractivity contribution >= 4 is 28.5 Å². The summed E-state index contributed by atoms with van der Waals surface area (Å²) in [4.78, 5) is 17.7. The lowest BCUT2D eigenvalue weighted by molar-refractivity contribution is -0.140. The van der Waals surface area contributed by atoms with Crippen molar-refractivity contribution in [2.24, 2.45) is 10.1 Å². The van der Waals surface area contributed by atoms with Gasteiger partial charge in [-0.15, -0.1) is 0 Å². The Kier molecular flexibility index (Phi) is 5.12. The normalized spacial score (nSPS) is 21.1. The zero-order valence-electron chi connectivity index (χ0n) is 16.1. The Morgan fingerprint density at radius 2 is 2.00 bits per heavy atom. The Morgan fingerprint density at radius 1 is 1.30 bits per heavy atom. The summed E-state index contributed by atoms with van der Waals surface area (Å²) in [5, 5.41) is 8.49. The molecule has 160 valence electrons. The van der Waals surface area contributed by atoms with Gasteiger partial charge in [-0.05, 0) is 31.9 Å². The predicted molar refractivity (Wildman–Crippen MR) is 105 cm³/mol. The smallest absolute Gasteiger partial charge is 0.345 e. The third-order valence-corrected chi connectivity index (χ3v) is 5.86. The number of benzene rings is 1. The minimum absolute atomic E-state index is 0.104. The van der Waals surface area contributed by atoms with Crippen LogP contribution in [0.1, 0.15) is 49.8 Å². The van der Waals surface area contributed by atoms with Gasteiger partial charge in [0.05, 0.1) is 29.3 Å². The first kappa shape index (κ1) is 20.8. The molecule has 1 aliphatic carbocycles. The molecule has 1 atom stereocenters. The number of hydrazone groups is 1. The molecule has 0 saturated heterocycles. The van der Waals surface area contributed by atoms with Crippen LogP contribution in [-0.4, -0.2) is 34.0 Å². The van der Waals surface area contributed by atoms with Crippen molar-refractivity contribution < 1.29 is 22.4 Å². The van der Waals surface area contributed by atoms with Gasteiger partial charge in [0, 0.05) is 5.56 Å². The number of carbonyl (C=O) groups is 1. The van der Waals surface area contributed by atoms with E-state index in [1.165, 1.54) is 19.1 Å². The van der Waals surface area contributed by atoms with Crippen LogP contribution in [-0.2, 0) is 11.0 Å². The van der Waals surface area contributed by atoms with Crippen LogP contribution >= 0.6 is 11.6 Å². The molecule has 3 aliphatic rings. The van der Waals surface area contributed by atoms with E-state index in [2.05, 4.69) is 10.4 Å². The molecule has 0 unspecified atom stereocenters. The Morgan fingerprint density at radius 3 is 2.67 bits per heavy atom. The van der Waals surface area contributed by atoms with E-state index in [-0.39, 0.29) is 21.8 Å². The number of nitrogens with one attached hydrogen (secondary N) is 1. The van der Waals surface area contributed by atoms with Crippen molar-refractivity contribution in [2.75, 3.05) is 6.54 Å². The maximum atomic E-state index is 14.4. The zero-order chi connectivity index (χ0) is 21.7. The van der Waals surface area contributed by atoms with E-state index in [9.17, 15) is 22.4 Å². The summed E-state index contributed by atoms with van der Waals surface area (Å²) in [6.45, 7) is 1.95. The topological polar surface area (TPSA) is 57.1 Å². The zero-order valence-corrected chi connectivity index (χ0v) is 16.8. The predicted octanol–water partition coefficient (Wildman–Crippen LogP) is 4.54. The first-order chi connectivity index (χ1) is 14.1. The first-order valence-electron chi connectivity index (χ1n) is 9.60. The number of hydrogen-bond donors (Lipinski definition) is 1. The van der Waals surface area contributed by atoms with E-state index in [0.717, 1.165) is 31.7 Å². The summed E-state index contributed by atoms with van der Waals surface area (Å²) in [7, 11) is 0. The fourth-order valence-electron chi connectivity index (χ4n) is 4.21. The molecule has 1 aromatic carbocycles. The maximum absolute atomic E-state index is 14.4. The number of fused-ring (bicyclic) bond motifs is 1. The van der Waals surface area contributed by atoms with Crippen LogP contribution in [0.15, 0.2) is 39.9 Å². The summed E-state index contributed by atoms with van der Waals surface area (Å²) in [6.07, 6.45) is 0.407. The van der Waals surface area contributed by atoms with Gasteiger partial charge < -0.3 is 5.32 Å². The van der Waals surface area contributed by atoms with Crippen LogP contribution in [0.5, 0.6) is 0 Å². The van der Waals surface area contributed by atoms with Crippen molar-refractivity contribution in [3.8, 4) is 0 Å².